The van der Waals surface area contributed by atoms with Crippen molar-refractivity contribution in [1.82, 2.24) is 14.5 Å². The molecular formula is C13H17N5O2S. The number of rotatable bonds is 2. The van der Waals surface area contributed by atoms with E-state index >= 15 is 0 Å². The summed E-state index contributed by atoms with van der Waals surface area (Å²) in [6, 6.07) is 7.71. The van der Waals surface area contributed by atoms with Gasteiger partial charge in [0, 0.05) is 37.0 Å². The standard InChI is InChI=1S/C13H17N5O2S/c1-21(19,20)18-8-6-17(7-9-18)13-11-5-3-2-4-10(11)12(14)15-16-13/h2-5H,6-9H2,1H3,(H2,14,15). The van der Waals surface area contributed by atoms with E-state index in [1.54, 1.807) is 0 Å². The number of hydrogen-bond donors (Lipinski definition) is 1. The monoisotopic (exact) mass is 307 g/mol. The van der Waals surface area contributed by atoms with Crippen LogP contribution in [-0.4, -0.2) is 55.4 Å². The minimum absolute atomic E-state index is 0.407. The third-order valence-corrected chi connectivity index (χ3v) is 5.01. The molecule has 0 atom stereocenters. The lowest BCUT2D eigenvalue weighted by atomic mass is 10.1. The second kappa shape index (κ2) is 5.12. The molecule has 0 spiro atoms. The normalized spacial score (nSPS) is 17.3. The Morgan fingerprint density at radius 2 is 1.67 bits per heavy atom. The number of anilines is 2. The second-order valence-electron chi connectivity index (χ2n) is 5.10. The number of sulfonamides is 1. The van der Waals surface area contributed by atoms with E-state index in [2.05, 4.69) is 15.1 Å². The zero-order valence-corrected chi connectivity index (χ0v) is 12.5. The van der Waals surface area contributed by atoms with E-state index in [4.69, 9.17) is 5.73 Å². The maximum Gasteiger partial charge on any atom is 0.211 e. The van der Waals surface area contributed by atoms with Crippen molar-refractivity contribution in [3.05, 3.63) is 24.3 Å². The molecule has 0 saturated carbocycles. The fourth-order valence-corrected chi connectivity index (χ4v) is 3.40. The van der Waals surface area contributed by atoms with E-state index < -0.39 is 10.0 Å². The lowest BCUT2D eigenvalue weighted by molar-refractivity contribution is 0.387. The molecule has 1 aromatic heterocycles. The van der Waals surface area contributed by atoms with Crippen molar-refractivity contribution >= 4 is 32.4 Å². The summed E-state index contributed by atoms with van der Waals surface area (Å²) in [7, 11) is -3.13. The highest BCUT2D eigenvalue weighted by Gasteiger charge is 2.25. The first-order chi connectivity index (χ1) is 9.97. The van der Waals surface area contributed by atoms with Gasteiger partial charge in [-0.2, -0.15) is 4.31 Å². The van der Waals surface area contributed by atoms with Crippen LogP contribution < -0.4 is 10.6 Å². The summed E-state index contributed by atoms with van der Waals surface area (Å²) < 4.78 is 24.6. The molecular weight excluding hydrogens is 290 g/mol. The van der Waals surface area contributed by atoms with Crippen molar-refractivity contribution in [2.24, 2.45) is 0 Å². The lowest BCUT2D eigenvalue weighted by Crippen LogP contribution is -2.48. The molecule has 112 valence electrons. The van der Waals surface area contributed by atoms with Gasteiger partial charge < -0.3 is 10.6 Å². The first-order valence-corrected chi connectivity index (χ1v) is 8.52. The van der Waals surface area contributed by atoms with Crippen LogP contribution in [0.3, 0.4) is 0 Å². The van der Waals surface area contributed by atoms with Crippen molar-refractivity contribution in [1.29, 1.82) is 0 Å². The number of hydrogen-bond acceptors (Lipinski definition) is 6. The number of fused-ring (bicyclic) bond motifs is 1. The first kappa shape index (κ1) is 14.0. The Morgan fingerprint density at radius 1 is 1.05 bits per heavy atom. The molecule has 1 aliphatic heterocycles. The predicted molar refractivity (Wildman–Crippen MR) is 82.6 cm³/mol. The predicted octanol–water partition coefficient (Wildman–Crippen LogP) is 0.294. The Morgan fingerprint density at radius 3 is 2.29 bits per heavy atom. The number of nitrogens with two attached hydrogens (primary N) is 1. The first-order valence-electron chi connectivity index (χ1n) is 6.68. The van der Waals surface area contributed by atoms with Gasteiger partial charge in [0.05, 0.1) is 6.26 Å². The van der Waals surface area contributed by atoms with Gasteiger partial charge in [-0.05, 0) is 0 Å². The maximum absolute atomic E-state index is 11.5. The van der Waals surface area contributed by atoms with E-state index in [0.717, 1.165) is 16.6 Å². The summed E-state index contributed by atoms with van der Waals surface area (Å²) in [4.78, 5) is 2.05. The SMILES string of the molecule is CS(=O)(=O)N1CCN(c2nnc(N)c3ccccc23)CC1. The summed E-state index contributed by atoms with van der Waals surface area (Å²) in [6.07, 6.45) is 1.24. The molecule has 1 aromatic carbocycles. The lowest BCUT2D eigenvalue weighted by Gasteiger charge is -2.34. The summed E-state index contributed by atoms with van der Waals surface area (Å²) in [5.41, 5.74) is 5.85. The van der Waals surface area contributed by atoms with E-state index in [1.165, 1.54) is 10.6 Å². The van der Waals surface area contributed by atoms with Gasteiger partial charge in [-0.15, -0.1) is 10.2 Å². The van der Waals surface area contributed by atoms with Crippen LogP contribution in [0.5, 0.6) is 0 Å². The molecule has 0 unspecified atom stereocenters. The topological polar surface area (TPSA) is 92.4 Å². The Bertz CT molecular complexity index is 769. The zero-order chi connectivity index (χ0) is 15.0. The number of nitrogens with zero attached hydrogens (tertiary/aromatic N) is 4. The number of piperazine rings is 1. The smallest absolute Gasteiger partial charge is 0.211 e. The van der Waals surface area contributed by atoms with Gasteiger partial charge in [0.15, 0.2) is 11.6 Å². The van der Waals surface area contributed by atoms with E-state index in [1.807, 2.05) is 24.3 Å². The summed E-state index contributed by atoms with van der Waals surface area (Å²) in [6.45, 7) is 2.10. The number of benzene rings is 1. The Labute approximate surface area is 123 Å². The average molecular weight is 307 g/mol. The molecule has 7 nitrogen and oxygen atoms in total. The summed E-state index contributed by atoms with van der Waals surface area (Å²) in [5, 5.41) is 10.0. The van der Waals surface area contributed by atoms with Crippen molar-refractivity contribution in [2.75, 3.05) is 43.1 Å². The van der Waals surface area contributed by atoms with Gasteiger partial charge in [0.2, 0.25) is 10.0 Å². The molecule has 1 aliphatic rings. The minimum Gasteiger partial charge on any atom is -0.382 e. The molecule has 0 bridgehead atoms. The largest absolute Gasteiger partial charge is 0.382 e. The van der Waals surface area contributed by atoms with Crippen LogP contribution in [-0.2, 0) is 10.0 Å². The van der Waals surface area contributed by atoms with Crippen LogP contribution in [0.2, 0.25) is 0 Å². The van der Waals surface area contributed by atoms with Crippen molar-refractivity contribution in [3.63, 3.8) is 0 Å². The van der Waals surface area contributed by atoms with Gasteiger partial charge >= 0.3 is 0 Å². The van der Waals surface area contributed by atoms with Crippen LogP contribution in [0.4, 0.5) is 11.6 Å². The Hall–Kier alpha value is -1.93. The molecule has 3 rings (SSSR count). The third-order valence-electron chi connectivity index (χ3n) is 3.70. The molecule has 0 amide bonds. The van der Waals surface area contributed by atoms with Gasteiger partial charge in [-0.1, -0.05) is 24.3 Å². The molecule has 0 radical (unpaired) electrons. The van der Waals surface area contributed by atoms with Crippen LogP contribution in [0.1, 0.15) is 0 Å². The zero-order valence-electron chi connectivity index (χ0n) is 11.7. The van der Waals surface area contributed by atoms with Crippen LogP contribution in [0.25, 0.3) is 10.8 Å². The van der Waals surface area contributed by atoms with Gasteiger partial charge in [0.25, 0.3) is 0 Å². The fourth-order valence-electron chi connectivity index (χ4n) is 2.58. The second-order valence-corrected chi connectivity index (χ2v) is 7.09. The Balaban J connectivity index is 1.91. The minimum atomic E-state index is -3.13. The van der Waals surface area contributed by atoms with Gasteiger partial charge in [-0.3, -0.25) is 0 Å². The average Bonchev–Trinajstić information content (AvgIpc) is 2.47. The Kier molecular flexibility index (Phi) is 3.42. The van der Waals surface area contributed by atoms with Crippen molar-refractivity contribution < 1.29 is 8.42 Å². The molecule has 0 aliphatic carbocycles. The molecule has 8 heteroatoms. The van der Waals surface area contributed by atoms with Crippen LogP contribution in [0.15, 0.2) is 24.3 Å². The van der Waals surface area contributed by atoms with Crippen molar-refractivity contribution in [3.8, 4) is 0 Å². The molecule has 2 heterocycles. The number of aromatic nitrogens is 2. The van der Waals surface area contributed by atoms with E-state index in [0.29, 0.717) is 32.0 Å². The fraction of sp³-hybridized carbons (Fsp3) is 0.385. The molecule has 1 fully saturated rings. The van der Waals surface area contributed by atoms with Gasteiger partial charge in [0.1, 0.15) is 0 Å². The maximum atomic E-state index is 11.5. The van der Waals surface area contributed by atoms with Crippen LogP contribution in [0, 0.1) is 0 Å². The van der Waals surface area contributed by atoms with Crippen LogP contribution >= 0.6 is 0 Å². The van der Waals surface area contributed by atoms with E-state index in [9.17, 15) is 8.42 Å². The molecule has 1 saturated heterocycles. The van der Waals surface area contributed by atoms with E-state index in [-0.39, 0.29) is 0 Å². The highest BCUT2D eigenvalue weighted by atomic mass is 32.2. The quantitative estimate of drug-likeness (QED) is 0.857. The summed E-state index contributed by atoms with van der Waals surface area (Å²) in [5.74, 6) is 1.16. The van der Waals surface area contributed by atoms with Crippen molar-refractivity contribution in [2.45, 2.75) is 0 Å². The van der Waals surface area contributed by atoms with Gasteiger partial charge in [-0.25, -0.2) is 8.42 Å². The summed E-state index contributed by atoms with van der Waals surface area (Å²) >= 11 is 0. The highest BCUT2D eigenvalue weighted by molar-refractivity contribution is 7.88. The third kappa shape index (κ3) is 2.64. The molecule has 2 aromatic rings. The number of nitrogen functional groups attached to an aromatic ring is 1. The highest BCUT2D eigenvalue weighted by Crippen LogP contribution is 2.27. The molecule has 2 N–H and O–H groups in total. The molecule has 21 heavy (non-hydrogen) atoms.